The third kappa shape index (κ3) is 2.82. The maximum atomic E-state index is 5.32. The van der Waals surface area contributed by atoms with E-state index in [1.54, 1.807) is 18.4 Å². The molecule has 1 heterocycles. The molecular weight excluding hydrogens is 298 g/mol. The van der Waals surface area contributed by atoms with Crippen molar-refractivity contribution < 1.29 is 4.74 Å². The summed E-state index contributed by atoms with van der Waals surface area (Å²) < 4.78 is 6.47. The van der Waals surface area contributed by atoms with Gasteiger partial charge in [0, 0.05) is 9.35 Å². The number of thiophene rings is 1. The number of rotatable bonds is 4. The van der Waals surface area contributed by atoms with Crippen LogP contribution >= 0.6 is 27.3 Å². The zero-order valence-electron chi connectivity index (χ0n) is 9.74. The minimum Gasteiger partial charge on any atom is -0.495 e. The highest BCUT2D eigenvalue weighted by Gasteiger charge is 2.12. The molecule has 0 saturated carbocycles. The molecule has 0 amide bonds. The maximum absolute atomic E-state index is 5.32. The summed E-state index contributed by atoms with van der Waals surface area (Å²) in [6.45, 7) is 2.14. The molecule has 0 aliphatic heterocycles. The number of hydrogen-bond acceptors (Lipinski definition) is 3. The lowest BCUT2D eigenvalue weighted by Gasteiger charge is -2.16. The zero-order valence-corrected chi connectivity index (χ0v) is 12.1. The number of benzene rings is 1. The fourth-order valence-electron chi connectivity index (χ4n) is 1.68. The van der Waals surface area contributed by atoms with Gasteiger partial charge in [0.2, 0.25) is 0 Å². The summed E-state index contributed by atoms with van der Waals surface area (Å²) in [4.78, 5) is 1.29. The van der Waals surface area contributed by atoms with E-state index in [0.717, 1.165) is 15.9 Å². The molecule has 2 rings (SSSR count). The average molecular weight is 312 g/mol. The summed E-state index contributed by atoms with van der Waals surface area (Å²) in [5.74, 6) is 0.868. The molecule has 0 saturated heterocycles. The molecule has 1 aromatic carbocycles. The van der Waals surface area contributed by atoms with Gasteiger partial charge in [-0.1, -0.05) is 12.1 Å². The van der Waals surface area contributed by atoms with Crippen molar-refractivity contribution in [2.45, 2.75) is 13.0 Å². The number of anilines is 1. The SMILES string of the molecule is COc1ccccc1NC(C)c1sccc1Br. The highest BCUT2D eigenvalue weighted by molar-refractivity contribution is 9.10. The van der Waals surface area contributed by atoms with Crippen molar-refractivity contribution in [2.75, 3.05) is 12.4 Å². The molecule has 0 aliphatic carbocycles. The molecule has 2 nitrogen and oxygen atoms in total. The summed E-state index contributed by atoms with van der Waals surface area (Å²) in [6, 6.07) is 10.3. The largest absolute Gasteiger partial charge is 0.495 e. The van der Waals surface area contributed by atoms with Crippen LogP contribution in [0.3, 0.4) is 0 Å². The van der Waals surface area contributed by atoms with Gasteiger partial charge in [0.1, 0.15) is 5.75 Å². The van der Waals surface area contributed by atoms with Crippen LogP contribution in [0.25, 0.3) is 0 Å². The number of halogens is 1. The van der Waals surface area contributed by atoms with Gasteiger partial charge in [-0.05, 0) is 46.4 Å². The topological polar surface area (TPSA) is 21.3 Å². The Kier molecular flexibility index (Phi) is 4.07. The zero-order chi connectivity index (χ0) is 12.3. The van der Waals surface area contributed by atoms with E-state index in [0.29, 0.717) is 0 Å². The summed E-state index contributed by atoms with van der Waals surface area (Å²) in [5, 5.41) is 5.54. The summed E-state index contributed by atoms with van der Waals surface area (Å²) in [5.41, 5.74) is 1.02. The van der Waals surface area contributed by atoms with Crippen molar-refractivity contribution in [2.24, 2.45) is 0 Å². The maximum Gasteiger partial charge on any atom is 0.141 e. The van der Waals surface area contributed by atoms with Crippen LogP contribution in [-0.2, 0) is 0 Å². The van der Waals surface area contributed by atoms with E-state index in [1.807, 2.05) is 24.3 Å². The third-order valence-corrected chi connectivity index (χ3v) is 4.57. The number of ether oxygens (including phenoxy) is 1. The first-order valence-corrected chi connectivity index (χ1v) is 7.02. The van der Waals surface area contributed by atoms with E-state index in [1.165, 1.54) is 4.88 Å². The summed E-state index contributed by atoms with van der Waals surface area (Å²) in [6.07, 6.45) is 0. The minimum absolute atomic E-state index is 0.251. The van der Waals surface area contributed by atoms with Crippen LogP contribution in [0, 0.1) is 0 Å². The van der Waals surface area contributed by atoms with E-state index in [4.69, 9.17) is 4.74 Å². The fraction of sp³-hybridized carbons (Fsp3) is 0.231. The fourth-order valence-corrected chi connectivity index (χ4v) is 3.40. The Morgan fingerprint density at radius 2 is 2.06 bits per heavy atom. The van der Waals surface area contributed by atoms with Crippen LogP contribution in [0.1, 0.15) is 17.8 Å². The van der Waals surface area contributed by atoms with E-state index < -0.39 is 0 Å². The standard InChI is InChI=1S/C13H14BrNOS/c1-9(13-10(14)7-8-17-13)15-11-5-3-4-6-12(11)16-2/h3-9,15H,1-2H3. The number of para-hydroxylation sites is 2. The Bertz CT molecular complexity index is 498. The van der Waals surface area contributed by atoms with Crippen molar-refractivity contribution in [3.05, 3.63) is 45.1 Å². The van der Waals surface area contributed by atoms with Crippen molar-refractivity contribution in [3.63, 3.8) is 0 Å². The van der Waals surface area contributed by atoms with Gasteiger partial charge in [0.25, 0.3) is 0 Å². The molecule has 1 atom stereocenters. The minimum atomic E-state index is 0.251. The van der Waals surface area contributed by atoms with E-state index >= 15 is 0 Å². The molecule has 1 N–H and O–H groups in total. The molecule has 0 aliphatic rings. The average Bonchev–Trinajstić information content (AvgIpc) is 2.76. The Hall–Kier alpha value is -1.00. The lowest BCUT2D eigenvalue weighted by molar-refractivity contribution is 0.416. The Morgan fingerprint density at radius 3 is 2.71 bits per heavy atom. The lowest BCUT2D eigenvalue weighted by Crippen LogP contribution is -2.06. The van der Waals surface area contributed by atoms with Gasteiger partial charge < -0.3 is 10.1 Å². The number of methoxy groups -OCH3 is 1. The van der Waals surface area contributed by atoms with Gasteiger partial charge in [-0.25, -0.2) is 0 Å². The highest BCUT2D eigenvalue weighted by Crippen LogP contribution is 2.33. The summed E-state index contributed by atoms with van der Waals surface area (Å²) in [7, 11) is 1.69. The number of hydrogen-bond donors (Lipinski definition) is 1. The van der Waals surface area contributed by atoms with E-state index in [9.17, 15) is 0 Å². The van der Waals surface area contributed by atoms with Crippen molar-refractivity contribution in [1.29, 1.82) is 0 Å². The van der Waals surface area contributed by atoms with Gasteiger partial charge in [-0.15, -0.1) is 11.3 Å². The quantitative estimate of drug-likeness (QED) is 0.884. The molecule has 4 heteroatoms. The van der Waals surface area contributed by atoms with Crippen molar-refractivity contribution in [1.82, 2.24) is 0 Å². The van der Waals surface area contributed by atoms with Gasteiger partial charge in [-0.3, -0.25) is 0 Å². The molecule has 0 spiro atoms. The second-order valence-electron chi connectivity index (χ2n) is 3.70. The number of nitrogens with one attached hydrogen (secondary N) is 1. The Balaban J connectivity index is 2.18. The van der Waals surface area contributed by atoms with E-state index in [2.05, 4.69) is 39.6 Å². The molecule has 0 radical (unpaired) electrons. The van der Waals surface area contributed by atoms with Gasteiger partial charge in [-0.2, -0.15) is 0 Å². The second-order valence-corrected chi connectivity index (χ2v) is 5.50. The first kappa shape index (κ1) is 12.5. The Labute approximate surface area is 114 Å². The molecule has 17 heavy (non-hydrogen) atoms. The smallest absolute Gasteiger partial charge is 0.141 e. The van der Waals surface area contributed by atoms with Gasteiger partial charge in [0.05, 0.1) is 18.8 Å². The first-order valence-electron chi connectivity index (χ1n) is 5.35. The third-order valence-electron chi connectivity index (χ3n) is 2.52. The van der Waals surface area contributed by atoms with Crippen LogP contribution in [0.4, 0.5) is 5.69 Å². The molecule has 2 aromatic rings. The highest BCUT2D eigenvalue weighted by atomic mass is 79.9. The monoisotopic (exact) mass is 311 g/mol. The normalized spacial score (nSPS) is 12.2. The lowest BCUT2D eigenvalue weighted by atomic mass is 10.2. The predicted octanol–water partition coefficient (Wildman–Crippen LogP) is 4.69. The molecular formula is C13H14BrNOS. The van der Waals surface area contributed by atoms with Crippen LogP contribution < -0.4 is 10.1 Å². The van der Waals surface area contributed by atoms with Crippen LogP contribution in [0.2, 0.25) is 0 Å². The Morgan fingerprint density at radius 1 is 1.29 bits per heavy atom. The predicted molar refractivity (Wildman–Crippen MR) is 77.1 cm³/mol. The van der Waals surface area contributed by atoms with Crippen molar-refractivity contribution >= 4 is 33.0 Å². The molecule has 0 bridgehead atoms. The van der Waals surface area contributed by atoms with E-state index in [-0.39, 0.29) is 6.04 Å². The van der Waals surface area contributed by atoms with Gasteiger partial charge in [0.15, 0.2) is 0 Å². The second kappa shape index (κ2) is 5.56. The van der Waals surface area contributed by atoms with Crippen LogP contribution in [-0.4, -0.2) is 7.11 Å². The van der Waals surface area contributed by atoms with Crippen molar-refractivity contribution in [3.8, 4) is 5.75 Å². The molecule has 1 unspecified atom stereocenters. The first-order chi connectivity index (χ1) is 8.22. The molecule has 0 fully saturated rings. The molecule has 1 aromatic heterocycles. The molecule has 90 valence electrons. The van der Waals surface area contributed by atoms with Gasteiger partial charge >= 0.3 is 0 Å². The van der Waals surface area contributed by atoms with Crippen LogP contribution in [0.5, 0.6) is 5.75 Å². The summed E-state index contributed by atoms with van der Waals surface area (Å²) >= 11 is 5.30. The van der Waals surface area contributed by atoms with Crippen LogP contribution in [0.15, 0.2) is 40.2 Å².